The van der Waals surface area contributed by atoms with Gasteiger partial charge in [-0.25, -0.2) is 0 Å². The van der Waals surface area contributed by atoms with Crippen molar-refractivity contribution in [2.45, 2.75) is 30.0 Å². The number of amides is 2. The monoisotopic (exact) mass is 390 g/mol. The molecule has 0 unspecified atom stereocenters. The Bertz CT molecular complexity index is 647. The molecule has 2 N–H and O–H groups in total. The summed E-state index contributed by atoms with van der Waals surface area (Å²) in [5, 5.41) is 7.60. The molecule has 0 aliphatic carbocycles. The molecule has 2 aromatic rings. The Kier molecular flexibility index (Phi) is 7.53. The van der Waals surface area contributed by atoms with Crippen molar-refractivity contribution in [2.75, 3.05) is 5.32 Å². The quantitative estimate of drug-likeness (QED) is 0.539. The molecule has 2 amide bonds. The van der Waals surface area contributed by atoms with Gasteiger partial charge in [0.25, 0.3) is 0 Å². The van der Waals surface area contributed by atoms with Crippen LogP contribution in [0.2, 0.25) is 5.32 Å². The molecule has 4 nitrogen and oxygen atoms in total. The van der Waals surface area contributed by atoms with E-state index in [9.17, 15) is 9.59 Å². The standard InChI is InChI=1S/C19H22N2O2Se/c1-15(22)20-18(19(23)21-17-10-6-3-7-11-17)12-13-24-14-16-8-4-2-5-9-16/h2-11,18H,12-14H2,1H3,(H,20,22)(H,21,23)/t18-/m0/s1. The van der Waals surface area contributed by atoms with Crippen LogP contribution in [0.25, 0.3) is 0 Å². The second kappa shape index (κ2) is 9.91. The molecule has 0 aromatic heterocycles. The molecule has 5 heteroatoms. The Balaban J connectivity index is 1.83. The summed E-state index contributed by atoms with van der Waals surface area (Å²) < 4.78 is 0. The van der Waals surface area contributed by atoms with Crippen molar-refractivity contribution in [3.05, 3.63) is 66.2 Å². The summed E-state index contributed by atoms with van der Waals surface area (Å²) in [5.74, 6) is -0.342. The van der Waals surface area contributed by atoms with Gasteiger partial charge in [0.1, 0.15) is 0 Å². The first-order valence-electron chi connectivity index (χ1n) is 7.90. The number of anilines is 1. The van der Waals surface area contributed by atoms with Crippen LogP contribution in [0.5, 0.6) is 0 Å². The van der Waals surface area contributed by atoms with Gasteiger partial charge in [0.2, 0.25) is 0 Å². The number of para-hydroxylation sites is 1. The van der Waals surface area contributed by atoms with Crippen molar-refractivity contribution in [1.29, 1.82) is 0 Å². The second-order valence-electron chi connectivity index (χ2n) is 5.44. The van der Waals surface area contributed by atoms with Gasteiger partial charge >= 0.3 is 149 Å². The van der Waals surface area contributed by atoms with Crippen LogP contribution < -0.4 is 10.6 Å². The number of carbonyl (C=O) groups is 2. The number of hydrogen-bond donors (Lipinski definition) is 2. The maximum absolute atomic E-state index is 12.4. The molecule has 0 aliphatic rings. The Morgan fingerprint density at radius 1 is 1.00 bits per heavy atom. The molecule has 126 valence electrons. The van der Waals surface area contributed by atoms with Gasteiger partial charge in [0.05, 0.1) is 0 Å². The fourth-order valence-electron chi connectivity index (χ4n) is 2.23. The van der Waals surface area contributed by atoms with Gasteiger partial charge in [-0.15, -0.1) is 0 Å². The van der Waals surface area contributed by atoms with Crippen LogP contribution in [-0.2, 0) is 14.9 Å². The minimum atomic E-state index is -0.486. The van der Waals surface area contributed by atoms with Crippen LogP contribution in [0.3, 0.4) is 0 Å². The zero-order valence-corrected chi connectivity index (χ0v) is 15.4. The normalized spacial score (nSPS) is 11.5. The Morgan fingerprint density at radius 3 is 2.25 bits per heavy atom. The SMILES string of the molecule is CC(=O)N[C@@H](CC[Se]Cc1ccccc1)C(=O)Nc1ccccc1. The van der Waals surface area contributed by atoms with Gasteiger partial charge in [-0.05, 0) is 0 Å². The summed E-state index contributed by atoms with van der Waals surface area (Å²) in [6.07, 6.45) is 0.658. The van der Waals surface area contributed by atoms with Gasteiger partial charge in [0, 0.05) is 0 Å². The average Bonchev–Trinajstić information content (AvgIpc) is 2.59. The molecule has 0 saturated heterocycles. The number of carbonyl (C=O) groups excluding carboxylic acids is 2. The average molecular weight is 389 g/mol. The molecular formula is C19H22N2O2Se. The Morgan fingerprint density at radius 2 is 1.62 bits per heavy atom. The van der Waals surface area contributed by atoms with Crippen LogP contribution in [0.15, 0.2) is 60.7 Å². The minimum absolute atomic E-state index is 0.160. The summed E-state index contributed by atoms with van der Waals surface area (Å²) in [5.41, 5.74) is 2.06. The Labute approximate surface area is 149 Å². The van der Waals surface area contributed by atoms with Crippen molar-refractivity contribution in [2.24, 2.45) is 0 Å². The molecule has 0 bridgehead atoms. The van der Waals surface area contributed by atoms with Crippen molar-refractivity contribution in [3.63, 3.8) is 0 Å². The van der Waals surface area contributed by atoms with Crippen LogP contribution in [0, 0.1) is 0 Å². The van der Waals surface area contributed by atoms with E-state index in [1.807, 2.05) is 48.5 Å². The fourth-order valence-corrected chi connectivity index (χ4v) is 4.28. The van der Waals surface area contributed by atoms with E-state index < -0.39 is 6.04 Å². The predicted molar refractivity (Wildman–Crippen MR) is 98.0 cm³/mol. The summed E-state index contributed by atoms with van der Waals surface area (Å²) in [4.78, 5) is 23.8. The third-order valence-electron chi connectivity index (χ3n) is 3.40. The molecule has 0 heterocycles. The molecule has 0 fully saturated rings. The topological polar surface area (TPSA) is 58.2 Å². The summed E-state index contributed by atoms with van der Waals surface area (Å²) in [7, 11) is 0. The van der Waals surface area contributed by atoms with Gasteiger partial charge in [-0.2, -0.15) is 0 Å². The van der Waals surface area contributed by atoms with E-state index in [2.05, 4.69) is 22.8 Å². The van der Waals surface area contributed by atoms with E-state index in [1.54, 1.807) is 0 Å². The van der Waals surface area contributed by atoms with Crippen molar-refractivity contribution >= 4 is 32.5 Å². The zero-order chi connectivity index (χ0) is 17.2. The zero-order valence-electron chi connectivity index (χ0n) is 13.7. The second-order valence-corrected chi connectivity index (χ2v) is 7.75. The predicted octanol–water partition coefficient (Wildman–Crippen LogP) is 2.84. The van der Waals surface area contributed by atoms with Crippen LogP contribution >= 0.6 is 0 Å². The fraction of sp³-hybridized carbons (Fsp3) is 0.263. The van der Waals surface area contributed by atoms with Gasteiger partial charge < -0.3 is 0 Å². The number of benzene rings is 2. The molecule has 0 radical (unpaired) electrons. The number of hydrogen-bond acceptors (Lipinski definition) is 2. The molecule has 2 rings (SSSR count). The maximum atomic E-state index is 12.4. The summed E-state index contributed by atoms with van der Waals surface area (Å²) in [6.45, 7) is 1.44. The van der Waals surface area contributed by atoms with E-state index in [0.29, 0.717) is 21.4 Å². The van der Waals surface area contributed by atoms with E-state index >= 15 is 0 Å². The Hall–Kier alpha value is -2.10. The van der Waals surface area contributed by atoms with Gasteiger partial charge in [-0.3, -0.25) is 0 Å². The molecule has 2 aromatic carbocycles. The molecule has 0 saturated carbocycles. The number of rotatable bonds is 8. The van der Waals surface area contributed by atoms with Crippen LogP contribution in [0.4, 0.5) is 5.69 Å². The number of nitrogens with one attached hydrogen (secondary N) is 2. The summed E-state index contributed by atoms with van der Waals surface area (Å²) >= 11 is 0.408. The van der Waals surface area contributed by atoms with E-state index in [1.165, 1.54) is 12.5 Å². The van der Waals surface area contributed by atoms with Crippen molar-refractivity contribution in [1.82, 2.24) is 5.32 Å². The first-order valence-corrected chi connectivity index (χ1v) is 10.3. The van der Waals surface area contributed by atoms with E-state index in [4.69, 9.17) is 0 Å². The molecule has 1 atom stereocenters. The van der Waals surface area contributed by atoms with Crippen LogP contribution in [-0.4, -0.2) is 32.8 Å². The van der Waals surface area contributed by atoms with E-state index in [-0.39, 0.29) is 11.8 Å². The molecule has 0 spiro atoms. The summed E-state index contributed by atoms with van der Waals surface area (Å²) in [6, 6.07) is 19.1. The van der Waals surface area contributed by atoms with Gasteiger partial charge in [-0.1, -0.05) is 0 Å². The van der Waals surface area contributed by atoms with Crippen molar-refractivity contribution < 1.29 is 9.59 Å². The van der Waals surface area contributed by atoms with Gasteiger partial charge in [0.15, 0.2) is 0 Å². The van der Waals surface area contributed by atoms with Crippen LogP contribution in [0.1, 0.15) is 18.9 Å². The molecule has 24 heavy (non-hydrogen) atoms. The third-order valence-corrected chi connectivity index (χ3v) is 5.63. The first kappa shape index (κ1) is 18.2. The third kappa shape index (κ3) is 6.57. The molecule has 0 aliphatic heterocycles. The first-order chi connectivity index (χ1) is 11.6. The van der Waals surface area contributed by atoms with E-state index in [0.717, 1.165) is 16.3 Å². The molecular weight excluding hydrogens is 367 g/mol. The van der Waals surface area contributed by atoms with Crippen molar-refractivity contribution in [3.8, 4) is 0 Å².